The number of hydrogen-bond acceptors (Lipinski definition) is 4. The largest absolute Gasteiger partial charge is 0.481 e. The number of ether oxygens (including phenoxy) is 1. The Labute approximate surface area is 157 Å². The van der Waals surface area contributed by atoms with Crippen LogP contribution in [0.15, 0.2) is 0 Å². The summed E-state index contributed by atoms with van der Waals surface area (Å²) in [4.78, 5) is 23.1. The first-order valence-electron chi connectivity index (χ1n) is 10.8. The fourth-order valence-corrected chi connectivity index (χ4v) is 2.71. The number of hydrogen-bond donors (Lipinski definition) is 2. The van der Waals surface area contributed by atoms with Crippen molar-refractivity contribution in [1.29, 1.82) is 0 Å². The van der Waals surface area contributed by atoms with Crippen molar-refractivity contribution in [2.45, 2.75) is 83.3 Å². The van der Waals surface area contributed by atoms with E-state index < -0.39 is 42.0 Å². The van der Waals surface area contributed by atoms with Gasteiger partial charge in [-0.25, -0.2) is 0 Å². The van der Waals surface area contributed by atoms with Gasteiger partial charge in [0, 0.05) is 0 Å². The molecule has 0 amide bonds. The van der Waals surface area contributed by atoms with Crippen molar-refractivity contribution in [2.24, 2.45) is 0 Å². The van der Waals surface area contributed by atoms with Crippen LogP contribution in [0.3, 0.4) is 0 Å². The Bertz CT molecular complexity index is 469. The first kappa shape index (κ1) is 18.6. The molecular weight excluding hydrogens is 322 g/mol. The van der Waals surface area contributed by atoms with Crippen LogP contribution in [0.25, 0.3) is 0 Å². The van der Waals surface area contributed by atoms with Gasteiger partial charge in [0.05, 0.1) is 44.1 Å². The lowest BCUT2D eigenvalue weighted by Gasteiger charge is -2.28. The van der Waals surface area contributed by atoms with Gasteiger partial charge in [-0.2, -0.15) is 0 Å². The number of carboxylic acids is 1. The molecule has 0 aromatic carbocycles. The van der Waals surface area contributed by atoms with E-state index in [-0.39, 0.29) is 13.0 Å². The van der Waals surface area contributed by atoms with Gasteiger partial charge in [-0.15, -0.1) is 0 Å². The highest BCUT2D eigenvalue weighted by molar-refractivity contribution is 5.71. The average molecular weight is 364 g/mol. The molecule has 6 heteroatoms. The summed E-state index contributed by atoms with van der Waals surface area (Å²) in [6.07, 6.45) is 5.68. The predicted molar refractivity (Wildman–Crippen MR) is 98.3 cm³/mol. The molecule has 0 aromatic rings. The summed E-state index contributed by atoms with van der Waals surface area (Å²) < 4.78 is 27.3. The first-order valence-corrected chi connectivity index (χ1v) is 9.31. The van der Waals surface area contributed by atoms with Crippen LogP contribution in [0.1, 0.15) is 75.2 Å². The van der Waals surface area contributed by atoms with Crippen molar-refractivity contribution in [3.05, 3.63) is 0 Å². The molecule has 0 aliphatic heterocycles. The van der Waals surface area contributed by atoms with Gasteiger partial charge >= 0.3 is 11.9 Å². The van der Waals surface area contributed by atoms with E-state index in [4.69, 9.17) is 14.0 Å². The van der Waals surface area contributed by atoms with Crippen molar-refractivity contribution >= 4 is 11.9 Å². The number of unbranched alkanes of at least 4 members (excludes halogenated alkanes) is 6. The molecule has 0 aromatic heterocycles. The minimum Gasteiger partial charge on any atom is -0.481 e. The number of aliphatic hydroxyl groups is 1. The molecule has 0 aliphatic carbocycles. The van der Waals surface area contributed by atoms with Crippen LogP contribution in [0, 0.1) is 0 Å². The third-order valence-corrected chi connectivity index (χ3v) is 3.90. The van der Waals surface area contributed by atoms with Crippen LogP contribution in [0.2, 0.25) is 0 Å². The molecule has 0 bridgehead atoms. The summed E-state index contributed by atoms with van der Waals surface area (Å²) in [5.74, 6) is -1.88. The Hall–Kier alpha value is -1.14. The summed E-state index contributed by atoms with van der Waals surface area (Å²) in [7, 11) is 2.87. The van der Waals surface area contributed by atoms with Crippen LogP contribution in [0.4, 0.5) is 0 Å². The molecule has 6 nitrogen and oxygen atoms in total. The summed E-state index contributed by atoms with van der Waals surface area (Å²) in [5, 5.41) is 19.0. The van der Waals surface area contributed by atoms with E-state index in [0.29, 0.717) is 6.42 Å². The van der Waals surface area contributed by atoms with Crippen LogP contribution < -0.4 is 0 Å². The molecule has 0 unspecified atom stereocenters. The van der Waals surface area contributed by atoms with Gasteiger partial charge < -0.3 is 19.4 Å². The first-order chi connectivity index (χ1) is 12.9. The highest BCUT2D eigenvalue weighted by Crippen LogP contribution is 2.13. The van der Waals surface area contributed by atoms with Crippen molar-refractivity contribution in [3.8, 4) is 0 Å². The normalized spacial score (nSPS) is 16.4. The number of esters is 1. The maximum atomic E-state index is 12.1. The average Bonchev–Trinajstić information content (AvgIpc) is 2.51. The van der Waals surface area contributed by atoms with E-state index >= 15 is 0 Å². The molecule has 0 heterocycles. The minimum absolute atomic E-state index is 0.150. The number of aliphatic carboxylic acids is 1. The lowest BCUT2D eigenvalue weighted by molar-refractivity contribution is -0.873. The number of carbonyl (C=O) groups excluding carboxylic acids is 1. The van der Waals surface area contributed by atoms with Crippen molar-refractivity contribution in [1.82, 2.24) is 0 Å². The van der Waals surface area contributed by atoms with Gasteiger partial charge in [-0.1, -0.05) is 51.9 Å². The second kappa shape index (κ2) is 13.1. The lowest BCUT2D eigenvalue weighted by atomic mass is 10.0. The topological polar surface area (TPSA) is 83.8 Å². The van der Waals surface area contributed by atoms with Gasteiger partial charge in [0.25, 0.3) is 0 Å². The quantitative estimate of drug-likeness (QED) is 0.265. The van der Waals surface area contributed by atoms with E-state index in [9.17, 15) is 14.7 Å². The molecule has 0 aliphatic rings. The molecule has 0 fully saturated rings. The zero-order valence-corrected chi connectivity index (χ0v) is 16.0. The number of likely N-dealkylation sites (N-methyl/N-ethyl adjacent to an activating group) is 1. The summed E-state index contributed by atoms with van der Waals surface area (Å²) in [6.45, 7) is -0.345. The van der Waals surface area contributed by atoms with E-state index in [0.717, 1.165) is 19.3 Å². The molecule has 148 valence electrons. The molecule has 2 atom stereocenters. The molecule has 0 spiro atoms. The fourth-order valence-electron chi connectivity index (χ4n) is 2.71. The highest BCUT2D eigenvalue weighted by Gasteiger charge is 2.25. The fraction of sp³-hybridized carbons (Fsp3) is 0.895. The summed E-state index contributed by atoms with van der Waals surface area (Å²) >= 11 is 0. The van der Waals surface area contributed by atoms with Crippen LogP contribution in [-0.4, -0.2) is 66.5 Å². The summed E-state index contributed by atoms with van der Waals surface area (Å²) in [6, 6.07) is 0. The van der Waals surface area contributed by atoms with Gasteiger partial charge in [-0.3, -0.25) is 9.59 Å². The van der Waals surface area contributed by atoms with E-state index in [1.807, 2.05) is 0 Å². The zero-order chi connectivity index (χ0) is 21.8. The minimum atomic E-state index is -2.36. The second-order valence-corrected chi connectivity index (χ2v) is 7.35. The molecule has 0 saturated carbocycles. The van der Waals surface area contributed by atoms with Gasteiger partial charge in [0.1, 0.15) is 6.54 Å². The van der Waals surface area contributed by atoms with Crippen molar-refractivity contribution in [2.75, 3.05) is 27.6 Å². The molecule has 0 saturated heterocycles. The predicted octanol–water partition coefficient (Wildman–Crippen LogP) is 2.97. The second-order valence-electron chi connectivity index (χ2n) is 7.35. The van der Waals surface area contributed by atoms with Gasteiger partial charge in [0.2, 0.25) is 0 Å². The maximum Gasteiger partial charge on any atom is 0.308 e. The number of nitrogens with zero attached hydrogens (tertiary/aromatic N) is 1. The Balaban J connectivity index is 4.38. The molecular formula is C19H38NO5+. The Morgan fingerprint density at radius 2 is 1.68 bits per heavy atom. The highest BCUT2D eigenvalue weighted by atomic mass is 16.5. The number of quaternary nitrogens is 1. The van der Waals surface area contributed by atoms with Crippen LogP contribution >= 0.6 is 0 Å². The molecule has 0 rings (SSSR count). The van der Waals surface area contributed by atoms with E-state index in [1.165, 1.54) is 39.8 Å². The number of carbonyl (C=O) groups is 2. The molecule has 25 heavy (non-hydrogen) atoms. The monoisotopic (exact) mass is 363 g/mol. The Morgan fingerprint density at radius 3 is 2.24 bits per heavy atom. The zero-order valence-electron chi connectivity index (χ0n) is 19.0. The van der Waals surface area contributed by atoms with Crippen LogP contribution in [-0.2, 0) is 14.3 Å². The van der Waals surface area contributed by atoms with Gasteiger partial charge in [0.15, 0.2) is 6.10 Å². The standard InChI is InChI=1S/C19H37NO5/c1-5-6-7-8-9-10-11-12-16(21)13-19(24)25-17(14-18(22)23)15-20(2,3)4/h16-17,21H,5-15H2,1-4H3/p+1/t16-,17-/m1/s1/i2D3. The lowest BCUT2D eigenvalue weighted by Crippen LogP contribution is -2.44. The van der Waals surface area contributed by atoms with Crippen molar-refractivity contribution in [3.63, 3.8) is 0 Å². The number of carboxylic acid groups (broad SMARTS) is 1. The Morgan fingerprint density at radius 1 is 1.08 bits per heavy atom. The van der Waals surface area contributed by atoms with Crippen LogP contribution in [0.5, 0.6) is 0 Å². The summed E-state index contributed by atoms with van der Waals surface area (Å²) in [5.41, 5.74) is 0. The van der Waals surface area contributed by atoms with E-state index in [1.54, 1.807) is 0 Å². The number of aliphatic hydroxyl groups excluding tert-OH is 1. The third-order valence-electron chi connectivity index (χ3n) is 3.90. The van der Waals surface area contributed by atoms with Crippen molar-refractivity contribution < 1.29 is 33.1 Å². The number of rotatable bonds is 15. The van der Waals surface area contributed by atoms with E-state index in [2.05, 4.69) is 6.92 Å². The molecule has 0 radical (unpaired) electrons. The molecule has 2 N–H and O–H groups in total. The maximum absolute atomic E-state index is 12.1. The Kier molecular flexibility index (Phi) is 9.78. The third kappa shape index (κ3) is 16.1. The van der Waals surface area contributed by atoms with Gasteiger partial charge in [-0.05, 0) is 6.42 Å². The smallest absolute Gasteiger partial charge is 0.308 e. The SMILES string of the molecule is [2H]C([2H])([2H])[N+](C)(C)C[C@@H](CC(=O)O)OC(=O)C[C@H](O)CCCCCCCCC.